The fraction of sp³-hybridized carbons (Fsp3) is 0.417. The lowest BCUT2D eigenvalue weighted by Gasteiger charge is -2.26. The first kappa shape index (κ1) is 24.3. The zero-order valence-electron chi connectivity index (χ0n) is 18.9. The van der Waals surface area contributed by atoms with Crippen LogP contribution in [0.1, 0.15) is 25.0 Å². The summed E-state index contributed by atoms with van der Waals surface area (Å²) in [6.07, 6.45) is -0.396. The van der Waals surface area contributed by atoms with Crippen molar-refractivity contribution in [3.63, 3.8) is 0 Å². The molecule has 3 aromatic rings. The number of alkyl carbamates (subject to hydrolysis) is 1. The molecule has 1 amide bonds. The maximum atomic E-state index is 12.3. The van der Waals surface area contributed by atoms with Crippen molar-refractivity contribution in [1.82, 2.24) is 15.2 Å². The predicted molar refractivity (Wildman–Crippen MR) is 138 cm³/mol. The highest BCUT2D eigenvalue weighted by molar-refractivity contribution is 8.77. The fourth-order valence-electron chi connectivity index (χ4n) is 3.38. The number of carbonyl (C=O) groups is 1. The Morgan fingerprint density at radius 1 is 1.18 bits per heavy atom. The van der Waals surface area contributed by atoms with Gasteiger partial charge in [0.15, 0.2) is 4.34 Å². The third-order valence-electron chi connectivity index (χ3n) is 5.10. The number of hydrogen-bond donors (Lipinski definition) is 1. The number of hydrogen-bond acceptors (Lipinski definition) is 8. The number of carbonyl (C=O) groups excluding carboxylic acids is 1. The molecule has 0 bridgehead atoms. The highest BCUT2D eigenvalue weighted by Gasteiger charge is 2.23. The van der Waals surface area contributed by atoms with E-state index in [0.29, 0.717) is 13.2 Å². The molecule has 176 valence electrons. The van der Waals surface area contributed by atoms with Crippen LogP contribution in [0.2, 0.25) is 0 Å². The van der Waals surface area contributed by atoms with Crippen molar-refractivity contribution in [3.05, 3.63) is 59.7 Å². The normalized spacial score (nSPS) is 15.0. The van der Waals surface area contributed by atoms with Crippen LogP contribution in [0, 0.1) is 0 Å². The molecule has 0 spiro atoms. The number of benzene rings is 2. The van der Waals surface area contributed by atoms with Gasteiger partial charge < -0.3 is 14.8 Å². The van der Waals surface area contributed by atoms with E-state index in [0.717, 1.165) is 48.3 Å². The van der Waals surface area contributed by atoms with Crippen LogP contribution in [0.15, 0.2) is 52.9 Å². The zero-order valence-corrected chi connectivity index (χ0v) is 21.4. The van der Waals surface area contributed by atoms with Crippen molar-refractivity contribution in [2.45, 2.75) is 36.0 Å². The number of thiazole rings is 1. The first-order valence-corrected chi connectivity index (χ1v) is 13.9. The van der Waals surface area contributed by atoms with Gasteiger partial charge in [0.05, 0.1) is 28.2 Å². The van der Waals surface area contributed by atoms with E-state index in [-0.39, 0.29) is 4.75 Å². The predicted octanol–water partition coefficient (Wildman–Crippen LogP) is 5.57. The monoisotopic (exact) mass is 503 g/mol. The molecule has 1 fully saturated rings. The average Bonchev–Trinajstić information content (AvgIpc) is 3.25. The van der Waals surface area contributed by atoms with Crippen LogP contribution in [0.3, 0.4) is 0 Å². The van der Waals surface area contributed by atoms with E-state index in [4.69, 9.17) is 9.47 Å². The number of aromatic nitrogens is 1. The van der Waals surface area contributed by atoms with Gasteiger partial charge in [0.25, 0.3) is 0 Å². The lowest BCUT2D eigenvalue weighted by molar-refractivity contribution is 0.0342. The Morgan fingerprint density at radius 2 is 1.97 bits per heavy atom. The third-order valence-corrected chi connectivity index (χ3v) is 9.71. The number of nitrogens with zero attached hydrogens (tertiary/aromatic N) is 2. The van der Waals surface area contributed by atoms with Crippen LogP contribution in [-0.2, 0) is 22.6 Å². The zero-order chi connectivity index (χ0) is 23.1. The van der Waals surface area contributed by atoms with Crippen molar-refractivity contribution in [3.8, 4) is 0 Å². The summed E-state index contributed by atoms with van der Waals surface area (Å²) in [6, 6.07) is 16.5. The maximum Gasteiger partial charge on any atom is 0.407 e. The number of fused-ring (bicyclic) bond motifs is 1. The molecule has 1 aliphatic heterocycles. The van der Waals surface area contributed by atoms with Crippen LogP contribution in [0.4, 0.5) is 4.79 Å². The molecule has 2 aromatic carbocycles. The first-order valence-electron chi connectivity index (χ1n) is 11.0. The van der Waals surface area contributed by atoms with Gasteiger partial charge in [-0.3, -0.25) is 4.90 Å². The second-order valence-electron chi connectivity index (χ2n) is 8.51. The van der Waals surface area contributed by atoms with Gasteiger partial charge in [0.2, 0.25) is 0 Å². The van der Waals surface area contributed by atoms with Crippen LogP contribution in [0.25, 0.3) is 10.2 Å². The number of morpholine rings is 1. The standard InChI is InChI=1S/C24H29N3O3S3/c1-24(2,33-32-23-26-20-8-3-4-9-21(20)31-23)17-30-22(28)25-15-18-6-5-7-19(14-18)16-27-10-12-29-13-11-27/h3-9,14H,10-13,15-17H2,1-2H3,(H,25,28). The number of para-hydroxylation sites is 1. The van der Waals surface area contributed by atoms with Gasteiger partial charge in [-0.15, -0.1) is 11.3 Å². The summed E-state index contributed by atoms with van der Waals surface area (Å²) < 4.78 is 12.9. The van der Waals surface area contributed by atoms with E-state index in [9.17, 15) is 4.79 Å². The quantitative estimate of drug-likeness (QED) is 0.383. The Hall–Kier alpha value is -1.78. The second kappa shape index (κ2) is 11.6. The molecule has 0 atom stereocenters. The molecule has 0 unspecified atom stereocenters. The molecular formula is C24H29N3O3S3. The number of amides is 1. The van der Waals surface area contributed by atoms with Crippen molar-refractivity contribution in [1.29, 1.82) is 0 Å². The summed E-state index contributed by atoms with van der Waals surface area (Å²) in [4.78, 5) is 19.3. The van der Waals surface area contributed by atoms with Crippen molar-refractivity contribution < 1.29 is 14.3 Å². The summed E-state index contributed by atoms with van der Waals surface area (Å²) in [5, 5.41) is 2.87. The minimum atomic E-state index is -0.396. The molecule has 0 aliphatic carbocycles. The molecule has 9 heteroatoms. The summed E-state index contributed by atoms with van der Waals surface area (Å²) in [5.41, 5.74) is 3.33. The molecule has 1 N–H and O–H groups in total. The molecule has 6 nitrogen and oxygen atoms in total. The van der Waals surface area contributed by atoms with Crippen LogP contribution >= 0.6 is 32.9 Å². The van der Waals surface area contributed by atoms with Gasteiger partial charge in [0, 0.05) is 26.2 Å². The number of nitrogens with one attached hydrogen (secondary N) is 1. The summed E-state index contributed by atoms with van der Waals surface area (Å²) in [6.45, 7) is 9.31. The van der Waals surface area contributed by atoms with E-state index in [1.54, 1.807) is 32.9 Å². The highest BCUT2D eigenvalue weighted by atomic mass is 33.1. The summed E-state index contributed by atoms with van der Waals surface area (Å²) >= 11 is 1.68. The van der Waals surface area contributed by atoms with E-state index < -0.39 is 6.09 Å². The minimum absolute atomic E-state index is 0.238. The maximum absolute atomic E-state index is 12.3. The molecule has 0 saturated carbocycles. The van der Waals surface area contributed by atoms with E-state index in [2.05, 4.69) is 47.2 Å². The fourth-order valence-corrected chi connectivity index (χ4v) is 6.78. The molecular weight excluding hydrogens is 474 g/mol. The Labute approximate surface area is 206 Å². The van der Waals surface area contributed by atoms with Gasteiger partial charge in [-0.25, -0.2) is 9.78 Å². The van der Waals surface area contributed by atoms with Crippen molar-refractivity contribution in [2.24, 2.45) is 0 Å². The van der Waals surface area contributed by atoms with Crippen LogP contribution in [0.5, 0.6) is 0 Å². The SMILES string of the molecule is CC(C)(COC(=O)NCc1cccc(CN2CCOCC2)c1)SSc1nc2ccccc2s1. The number of rotatable bonds is 9. The molecule has 1 aliphatic rings. The first-order chi connectivity index (χ1) is 16.0. The number of ether oxygens (including phenoxy) is 2. The van der Waals surface area contributed by atoms with Gasteiger partial charge in [-0.2, -0.15) is 0 Å². The highest BCUT2D eigenvalue weighted by Crippen LogP contribution is 2.43. The van der Waals surface area contributed by atoms with Crippen molar-refractivity contribution in [2.75, 3.05) is 32.9 Å². The van der Waals surface area contributed by atoms with Gasteiger partial charge in [-0.1, -0.05) is 47.2 Å². The van der Waals surface area contributed by atoms with Crippen molar-refractivity contribution >= 4 is 49.2 Å². The van der Waals surface area contributed by atoms with Crippen LogP contribution in [-0.4, -0.2) is 53.6 Å². The molecule has 2 heterocycles. The Morgan fingerprint density at radius 3 is 2.79 bits per heavy atom. The molecule has 33 heavy (non-hydrogen) atoms. The van der Waals surface area contributed by atoms with E-state index in [1.165, 1.54) is 10.3 Å². The minimum Gasteiger partial charge on any atom is -0.448 e. The summed E-state index contributed by atoms with van der Waals surface area (Å²) in [7, 11) is 3.30. The van der Waals surface area contributed by atoms with Gasteiger partial charge in [-0.05, 0) is 47.9 Å². The van der Waals surface area contributed by atoms with E-state index in [1.807, 2.05) is 30.3 Å². The second-order valence-corrected chi connectivity index (χ2v) is 12.6. The van der Waals surface area contributed by atoms with Gasteiger partial charge in [0.1, 0.15) is 6.61 Å². The summed E-state index contributed by atoms with van der Waals surface area (Å²) in [5.74, 6) is 0. The van der Waals surface area contributed by atoms with Gasteiger partial charge >= 0.3 is 6.09 Å². The average molecular weight is 504 g/mol. The Kier molecular flexibility index (Phi) is 8.54. The third kappa shape index (κ3) is 7.61. The molecule has 1 saturated heterocycles. The smallest absolute Gasteiger partial charge is 0.407 e. The lowest BCUT2D eigenvalue weighted by Crippen LogP contribution is -2.35. The largest absolute Gasteiger partial charge is 0.448 e. The Bertz CT molecular complexity index is 1030. The molecule has 0 radical (unpaired) electrons. The lowest BCUT2D eigenvalue weighted by atomic mass is 10.1. The molecule has 1 aromatic heterocycles. The topological polar surface area (TPSA) is 63.7 Å². The molecule has 4 rings (SSSR count). The van der Waals surface area contributed by atoms with Crippen LogP contribution < -0.4 is 5.32 Å². The van der Waals surface area contributed by atoms with E-state index >= 15 is 0 Å². The Balaban J connectivity index is 1.19.